The van der Waals surface area contributed by atoms with E-state index in [2.05, 4.69) is 15.2 Å². The number of aromatic amines is 1. The van der Waals surface area contributed by atoms with Gasteiger partial charge in [-0.25, -0.2) is 4.98 Å². The van der Waals surface area contributed by atoms with Crippen LogP contribution in [0.3, 0.4) is 0 Å². The molecule has 1 N–H and O–H groups in total. The SMILES string of the molecule is COc1ccc(OC)c(-c2cc(C(=O)N3CC(Oc4cc(C#N)ccn4)C3)[nH]n2)c1. The fourth-order valence-corrected chi connectivity index (χ4v) is 3.15. The Morgan fingerprint density at radius 1 is 1.20 bits per heavy atom. The third-order valence-corrected chi connectivity index (χ3v) is 4.78. The number of amides is 1. The van der Waals surface area contributed by atoms with E-state index in [-0.39, 0.29) is 12.0 Å². The van der Waals surface area contributed by atoms with Crippen molar-refractivity contribution in [2.45, 2.75) is 6.10 Å². The first-order valence-corrected chi connectivity index (χ1v) is 9.21. The molecule has 0 radical (unpaired) electrons. The van der Waals surface area contributed by atoms with Gasteiger partial charge in [0.15, 0.2) is 0 Å². The summed E-state index contributed by atoms with van der Waals surface area (Å²) in [6.45, 7) is 0.849. The molecule has 152 valence electrons. The van der Waals surface area contributed by atoms with E-state index in [9.17, 15) is 4.79 Å². The molecular formula is C21H19N5O4. The molecule has 1 aromatic carbocycles. The van der Waals surface area contributed by atoms with Gasteiger partial charge in [-0.15, -0.1) is 0 Å². The van der Waals surface area contributed by atoms with E-state index in [0.29, 0.717) is 47.4 Å². The maximum atomic E-state index is 12.7. The minimum Gasteiger partial charge on any atom is -0.497 e. The lowest BCUT2D eigenvalue weighted by Crippen LogP contribution is -2.56. The van der Waals surface area contributed by atoms with Gasteiger partial charge in [-0.05, 0) is 30.3 Å². The molecule has 9 heteroatoms. The number of hydrogen-bond acceptors (Lipinski definition) is 7. The van der Waals surface area contributed by atoms with Gasteiger partial charge in [-0.1, -0.05) is 0 Å². The average molecular weight is 405 g/mol. The first-order valence-electron chi connectivity index (χ1n) is 9.21. The van der Waals surface area contributed by atoms with E-state index in [4.69, 9.17) is 19.5 Å². The highest BCUT2D eigenvalue weighted by molar-refractivity contribution is 5.94. The maximum absolute atomic E-state index is 12.7. The number of likely N-dealkylation sites (tertiary alicyclic amines) is 1. The minimum atomic E-state index is -0.172. The Morgan fingerprint density at radius 3 is 2.77 bits per heavy atom. The molecule has 0 saturated carbocycles. The molecule has 0 unspecified atom stereocenters. The van der Waals surface area contributed by atoms with Crippen molar-refractivity contribution in [3.63, 3.8) is 0 Å². The van der Waals surface area contributed by atoms with Gasteiger partial charge in [0.1, 0.15) is 23.3 Å². The molecule has 1 amide bonds. The molecule has 30 heavy (non-hydrogen) atoms. The van der Waals surface area contributed by atoms with Crippen LogP contribution in [-0.2, 0) is 0 Å². The molecule has 9 nitrogen and oxygen atoms in total. The molecule has 0 spiro atoms. The highest BCUT2D eigenvalue weighted by atomic mass is 16.5. The second kappa shape index (κ2) is 8.13. The van der Waals surface area contributed by atoms with E-state index in [0.717, 1.165) is 5.56 Å². The van der Waals surface area contributed by atoms with Crippen LogP contribution in [0.25, 0.3) is 11.3 Å². The number of carbonyl (C=O) groups is 1. The highest BCUT2D eigenvalue weighted by Crippen LogP contribution is 2.32. The fourth-order valence-electron chi connectivity index (χ4n) is 3.15. The molecule has 0 aliphatic carbocycles. The van der Waals surface area contributed by atoms with Gasteiger partial charge in [0, 0.05) is 17.8 Å². The Balaban J connectivity index is 1.42. The number of nitrogens with zero attached hydrogens (tertiary/aromatic N) is 4. The van der Waals surface area contributed by atoms with Crippen LogP contribution in [0.1, 0.15) is 16.1 Å². The van der Waals surface area contributed by atoms with Crippen LogP contribution in [0.4, 0.5) is 0 Å². The van der Waals surface area contributed by atoms with Crippen molar-refractivity contribution >= 4 is 5.91 Å². The van der Waals surface area contributed by atoms with Crippen LogP contribution in [0, 0.1) is 11.3 Å². The van der Waals surface area contributed by atoms with Crippen molar-refractivity contribution in [1.29, 1.82) is 5.26 Å². The number of methoxy groups -OCH3 is 2. The summed E-state index contributed by atoms with van der Waals surface area (Å²) in [5, 5.41) is 16.0. The lowest BCUT2D eigenvalue weighted by atomic mass is 10.1. The predicted octanol–water partition coefficient (Wildman–Crippen LogP) is 2.26. The average Bonchev–Trinajstić information content (AvgIpc) is 3.25. The smallest absolute Gasteiger partial charge is 0.272 e. The van der Waals surface area contributed by atoms with E-state index in [1.807, 2.05) is 6.07 Å². The third kappa shape index (κ3) is 3.75. The molecule has 0 atom stereocenters. The fraction of sp³-hybridized carbons (Fsp3) is 0.238. The van der Waals surface area contributed by atoms with Gasteiger partial charge in [-0.2, -0.15) is 10.4 Å². The molecule has 1 aliphatic rings. The van der Waals surface area contributed by atoms with Gasteiger partial charge < -0.3 is 19.1 Å². The Morgan fingerprint density at radius 2 is 2.03 bits per heavy atom. The Bertz CT molecular complexity index is 1110. The van der Waals surface area contributed by atoms with Crippen LogP contribution < -0.4 is 14.2 Å². The number of pyridine rings is 1. The Labute approximate surface area is 172 Å². The number of hydrogen-bond donors (Lipinski definition) is 1. The predicted molar refractivity (Wildman–Crippen MR) is 106 cm³/mol. The molecule has 1 fully saturated rings. The van der Waals surface area contributed by atoms with Crippen LogP contribution >= 0.6 is 0 Å². The second-order valence-corrected chi connectivity index (χ2v) is 6.68. The third-order valence-electron chi connectivity index (χ3n) is 4.78. The van der Waals surface area contributed by atoms with Crippen LogP contribution in [0.15, 0.2) is 42.6 Å². The topological polar surface area (TPSA) is 113 Å². The highest BCUT2D eigenvalue weighted by Gasteiger charge is 2.34. The largest absolute Gasteiger partial charge is 0.497 e. The molecule has 1 aliphatic heterocycles. The van der Waals surface area contributed by atoms with Gasteiger partial charge >= 0.3 is 0 Å². The summed E-state index contributed by atoms with van der Waals surface area (Å²) in [4.78, 5) is 18.5. The summed E-state index contributed by atoms with van der Waals surface area (Å²) in [5.41, 5.74) is 2.16. The van der Waals surface area contributed by atoms with Crippen molar-refractivity contribution in [2.75, 3.05) is 27.3 Å². The zero-order valence-corrected chi connectivity index (χ0v) is 16.5. The number of rotatable bonds is 6. The first-order chi connectivity index (χ1) is 14.6. The van der Waals surface area contributed by atoms with Crippen LogP contribution in [0.5, 0.6) is 17.4 Å². The molecule has 1 saturated heterocycles. The van der Waals surface area contributed by atoms with Crippen molar-refractivity contribution in [2.24, 2.45) is 0 Å². The van der Waals surface area contributed by atoms with Gasteiger partial charge in [0.05, 0.1) is 44.6 Å². The maximum Gasteiger partial charge on any atom is 0.272 e. The second-order valence-electron chi connectivity index (χ2n) is 6.68. The monoisotopic (exact) mass is 405 g/mol. The first kappa shape index (κ1) is 19.3. The molecule has 3 aromatic rings. The quantitative estimate of drug-likeness (QED) is 0.669. The summed E-state index contributed by atoms with van der Waals surface area (Å²) >= 11 is 0. The lowest BCUT2D eigenvalue weighted by molar-refractivity contribution is 0.0155. The number of benzene rings is 1. The van der Waals surface area contributed by atoms with Gasteiger partial charge in [-0.3, -0.25) is 9.89 Å². The normalized spacial score (nSPS) is 13.3. The van der Waals surface area contributed by atoms with E-state index in [1.54, 1.807) is 55.5 Å². The van der Waals surface area contributed by atoms with Crippen molar-refractivity contribution in [3.8, 4) is 34.7 Å². The standard InChI is InChI=1S/C21H19N5O4/c1-28-14-3-4-19(29-2)16(8-14)17-9-18(25-24-17)21(27)26-11-15(12-26)30-20-7-13(10-22)5-6-23-20/h3-9,15H,11-12H2,1-2H3,(H,24,25). The molecule has 4 rings (SSSR count). The number of H-pyrrole nitrogens is 1. The minimum absolute atomic E-state index is 0.170. The van der Waals surface area contributed by atoms with Crippen molar-refractivity contribution < 1.29 is 19.0 Å². The number of aromatic nitrogens is 3. The molecule has 0 bridgehead atoms. The Kier molecular flexibility index (Phi) is 5.22. The van der Waals surface area contributed by atoms with Gasteiger partial charge in [0.2, 0.25) is 5.88 Å². The van der Waals surface area contributed by atoms with E-state index < -0.39 is 0 Å². The number of nitrogens with one attached hydrogen (secondary N) is 1. The summed E-state index contributed by atoms with van der Waals surface area (Å²) in [6, 6.07) is 12.3. The zero-order valence-electron chi connectivity index (χ0n) is 16.5. The zero-order chi connectivity index (χ0) is 21.1. The lowest BCUT2D eigenvalue weighted by Gasteiger charge is -2.38. The van der Waals surface area contributed by atoms with E-state index >= 15 is 0 Å². The number of ether oxygens (including phenoxy) is 3. The molecular weight excluding hydrogens is 386 g/mol. The summed E-state index contributed by atoms with van der Waals surface area (Å²) in [7, 11) is 3.16. The summed E-state index contributed by atoms with van der Waals surface area (Å²) in [6.07, 6.45) is 1.35. The van der Waals surface area contributed by atoms with Crippen LogP contribution in [0.2, 0.25) is 0 Å². The van der Waals surface area contributed by atoms with Crippen molar-refractivity contribution in [3.05, 3.63) is 53.9 Å². The molecule has 3 heterocycles. The number of carbonyl (C=O) groups excluding carboxylic acids is 1. The van der Waals surface area contributed by atoms with Crippen LogP contribution in [-0.4, -0.2) is 59.4 Å². The van der Waals surface area contributed by atoms with Crippen molar-refractivity contribution in [1.82, 2.24) is 20.1 Å². The number of nitriles is 1. The summed E-state index contributed by atoms with van der Waals surface area (Å²) < 4.78 is 16.4. The summed E-state index contributed by atoms with van der Waals surface area (Å²) in [5.74, 6) is 1.50. The molecule has 2 aromatic heterocycles. The van der Waals surface area contributed by atoms with Gasteiger partial charge in [0.25, 0.3) is 5.91 Å². The Hall–Kier alpha value is -4.06. The van der Waals surface area contributed by atoms with E-state index in [1.165, 1.54) is 6.20 Å².